The molecule has 2 aromatic rings. The highest BCUT2D eigenvalue weighted by atomic mass is 16.4. The lowest BCUT2D eigenvalue weighted by Gasteiger charge is -2.14. The van der Waals surface area contributed by atoms with Gasteiger partial charge in [-0.3, -0.25) is 9.59 Å². The molecule has 0 heterocycles. The lowest BCUT2D eigenvalue weighted by atomic mass is 9.90. The summed E-state index contributed by atoms with van der Waals surface area (Å²) in [5.41, 5.74) is 7.35. The van der Waals surface area contributed by atoms with Crippen molar-refractivity contribution < 1.29 is 14.7 Å². The second-order valence-electron chi connectivity index (χ2n) is 8.02. The number of rotatable bonds is 7. The summed E-state index contributed by atoms with van der Waals surface area (Å²) < 4.78 is 0. The van der Waals surface area contributed by atoms with Crippen molar-refractivity contribution in [3.63, 3.8) is 0 Å². The van der Waals surface area contributed by atoms with Gasteiger partial charge in [-0.1, -0.05) is 48.0 Å². The number of hydrogen-bond acceptors (Lipinski definition) is 2. The van der Waals surface area contributed by atoms with Gasteiger partial charge in [0, 0.05) is 12.0 Å². The van der Waals surface area contributed by atoms with Crippen LogP contribution in [0.2, 0.25) is 0 Å². The van der Waals surface area contributed by atoms with Crippen molar-refractivity contribution in [3.05, 3.63) is 76.4 Å². The zero-order valence-corrected chi connectivity index (χ0v) is 16.1. The topological polar surface area (TPSA) is 54.4 Å². The molecule has 144 valence electrons. The number of benzene rings is 2. The molecule has 0 unspecified atom stereocenters. The van der Waals surface area contributed by atoms with E-state index in [9.17, 15) is 14.7 Å². The lowest BCUT2D eigenvalue weighted by molar-refractivity contribution is -0.141. The van der Waals surface area contributed by atoms with Crippen molar-refractivity contribution in [3.8, 4) is 0 Å². The minimum absolute atomic E-state index is 0.0619. The predicted octanol–water partition coefficient (Wildman–Crippen LogP) is 5.48. The van der Waals surface area contributed by atoms with Crippen LogP contribution in [0.3, 0.4) is 0 Å². The summed E-state index contributed by atoms with van der Waals surface area (Å²) in [6.45, 7) is 0. The third-order valence-electron chi connectivity index (χ3n) is 6.14. The number of carbonyl (C=O) groups is 2. The van der Waals surface area contributed by atoms with Gasteiger partial charge < -0.3 is 5.11 Å². The van der Waals surface area contributed by atoms with Crippen LogP contribution in [0.4, 0.5) is 0 Å². The minimum Gasteiger partial charge on any atom is -0.481 e. The number of carboxylic acids is 1. The van der Waals surface area contributed by atoms with Crippen LogP contribution < -0.4 is 0 Å². The van der Waals surface area contributed by atoms with Crippen LogP contribution in [0.25, 0.3) is 5.57 Å². The smallest absolute Gasteiger partial charge is 0.306 e. The number of Topliss-reactive ketones (excluding diaryl/α,β-unsaturated/α-hetero) is 1. The molecule has 0 spiro atoms. The average molecular weight is 374 g/mol. The Hall–Kier alpha value is -2.68. The van der Waals surface area contributed by atoms with Gasteiger partial charge in [0.1, 0.15) is 0 Å². The van der Waals surface area contributed by atoms with Crippen molar-refractivity contribution in [2.45, 2.75) is 51.4 Å². The molecule has 0 radical (unpaired) electrons. The second-order valence-corrected chi connectivity index (χ2v) is 8.02. The summed E-state index contributed by atoms with van der Waals surface area (Å²) in [7, 11) is 0. The van der Waals surface area contributed by atoms with Crippen molar-refractivity contribution in [1.29, 1.82) is 0 Å². The number of hydrogen-bond donors (Lipinski definition) is 1. The van der Waals surface area contributed by atoms with Crippen molar-refractivity contribution >= 4 is 17.3 Å². The summed E-state index contributed by atoms with van der Waals surface area (Å²) in [6, 6.07) is 15.8. The molecular weight excluding hydrogens is 348 g/mol. The Bertz CT molecular complexity index is 924. The highest BCUT2D eigenvalue weighted by Gasteiger charge is 2.26. The predicted molar refractivity (Wildman–Crippen MR) is 110 cm³/mol. The SMILES string of the molecule is O=C(C[C@@H](CCc1ccccc1)C(=O)O)c1ccc2c(c1)CC1=C2CCCC1. The molecule has 3 nitrogen and oxygen atoms in total. The van der Waals surface area contributed by atoms with Crippen LogP contribution in [-0.2, 0) is 17.6 Å². The van der Waals surface area contributed by atoms with Crippen LogP contribution in [0, 0.1) is 5.92 Å². The molecule has 4 rings (SSSR count). The van der Waals surface area contributed by atoms with E-state index in [0.717, 1.165) is 18.4 Å². The molecule has 2 aliphatic rings. The van der Waals surface area contributed by atoms with Crippen LogP contribution in [0.1, 0.15) is 65.6 Å². The molecule has 28 heavy (non-hydrogen) atoms. The van der Waals surface area contributed by atoms with Gasteiger partial charge in [0.2, 0.25) is 0 Å². The molecule has 0 bridgehead atoms. The molecule has 2 aromatic carbocycles. The number of aryl methyl sites for hydroxylation is 1. The van der Waals surface area contributed by atoms with Crippen LogP contribution in [0.5, 0.6) is 0 Å². The fourth-order valence-electron chi connectivity index (χ4n) is 4.57. The lowest BCUT2D eigenvalue weighted by Crippen LogP contribution is -2.19. The van der Waals surface area contributed by atoms with Gasteiger partial charge in [0.05, 0.1) is 5.92 Å². The number of aliphatic carboxylic acids is 1. The van der Waals surface area contributed by atoms with Crippen LogP contribution in [-0.4, -0.2) is 16.9 Å². The largest absolute Gasteiger partial charge is 0.481 e. The monoisotopic (exact) mass is 374 g/mol. The van der Waals surface area contributed by atoms with Gasteiger partial charge in [-0.25, -0.2) is 0 Å². The van der Waals surface area contributed by atoms with E-state index in [-0.39, 0.29) is 12.2 Å². The molecule has 0 saturated heterocycles. The summed E-state index contributed by atoms with van der Waals surface area (Å²) >= 11 is 0. The summed E-state index contributed by atoms with van der Waals surface area (Å²) in [4.78, 5) is 24.5. The fraction of sp³-hybridized carbons (Fsp3) is 0.360. The maximum atomic E-state index is 12.8. The molecule has 0 amide bonds. The second kappa shape index (κ2) is 8.14. The van der Waals surface area contributed by atoms with Gasteiger partial charge in [-0.05, 0) is 73.3 Å². The van der Waals surface area contributed by atoms with E-state index in [1.54, 1.807) is 0 Å². The third-order valence-corrected chi connectivity index (χ3v) is 6.14. The highest BCUT2D eigenvalue weighted by Crippen LogP contribution is 2.41. The van der Waals surface area contributed by atoms with E-state index in [4.69, 9.17) is 0 Å². The standard InChI is InChI=1S/C25H26O3/c26-24(16-20(25(27)28)11-10-17-6-2-1-3-7-17)19-12-13-23-21(15-19)14-18-8-4-5-9-22(18)23/h1-3,6-7,12-13,15,20H,4-5,8-11,14,16H2,(H,27,28)/t20-/m1/s1. The van der Waals surface area contributed by atoms with Crippen molar-refractivity contribution in [2.75, 3.05) is 0 Å². The number of carbonyl (C=O) groups excluding carboxylic acids is 1. The minimum atomic E-state index is -0.887. The Labute approximate surface area is 166 Å². The molecule has 2 aliphatic carbocycles. The van der Waals surface area contributed by atoms with Crippen molar-refractivity contribution in [1.82, 2.24) is 0 Å². The molecule has 0 aromatic heterocycles. The number of allylic oxidation sites excluding steroid dienone is 2. The molecular formula is C25H26O3. The number of carboxylic acid groups (broad SMARTS) is 1. The van der Waals surface area contributed by atoms with Gasteiger partial charge in [0.25, 0.3) is 0 Å². The quantitative estimate of drug-likeness (QED) is 0.653. The molecule has 0 fully saturated rings. The van der Waals surface area contributed by atoms with Crippen LogP contribution >= 0.6 is 0 Å². The van der Waals surface area contributed by atoms with E-state index in [0.29, 0.717) is 18.4 Å². The first-order valence-corrected chi connectivity index (χ1v) is 10.3. The first-order valence-electron chi connectivity index (χ1n) is 10.3. The van der Waals surface area contributed by atoms with Gasteiger partial charge in [-0.2, -0.15) is 0 Å². The Morgan fingerprint density at radius 3 is 2.57 bits per heavy atom. The van der Waals surface area contributed by atoms with E-state index in [1.807, 2.05) is 42.5 Å². The van der Waals surface area contributed by atoms with Gasteiger partial charge in [-0.15, -0.1) is 0 Å². The molecule has 0 saturated carbocycles. The summed E-state index contributed by atoms with van der Waals surface area (Å²) in [5.74, 6) is -1.59. The Morgan fingerprint density at radius 2 is 1.79 bits per heavy atom. The number of ketones is 1. The molecule has 1 atom stereocenters. The average Bonchev–Trinajstić information content (AvgIpc) is 3.09. The summed E-state index contributed by atoms with van der Waals surface area (Å²) in [6.07, 6.45) is 7.01. The van der Waals surface area contributed by atoms with E-state index in [2.05, 4.69) is 6.07 Å². The van der Waals surface area contributed by atoms with Gasteiger partial charge in [0.15, 0.2) is 5.78 Å². The zero-order valence-electron chi connectivity index (χ0n) is 16.1. The van der Waals surface area contributed by atoms with E-state index < -0.39 is 11.9 Å². The van der Waals surface area contributed by atoms with Crippen molar-refractivity contribution in [2.24, 2.45) is 5.92 Å². The summed E-state index contributed by atoms with van der Waals surface area (Å²) in [5, 5.41) is 9.58. The zero-order chi connectivity index (χ0) is 19.5. The third kappa shape index (κ3) is 3.94. The molecule has 0 aliphatic heterocycles. The van der Waals surface area contributed by atoms with E-state index in [1.165, 1.54) is 41.5 Å². The Morgan fingerprint density at radius 1 is 1.00 bits per heavy atom. The maximum Gasteiger partial charge on any atom is 0.306 e. The highest BCUT2D eigenvalue weighted by molar-refractivity contribution is 5.98. The Kier molecular flexibility index (Phi) is 5.43. The maximum absolute atomic E-state index is 12.8. The molecule has 3 heteroatoms. The first-order chi connectivity index (χ1) is 13.6. The Balaban J connectivity index is 1.43. The van der Waals surface area contributed by atoms with Gasteiger partial charge >= 0.3 is 5.97 Å². The fourth-order valence-corrected chi connectivity index (χ4v) is 4.57. The van der Waals surface area contributed by atoms with Crippen LogP contribution in [0.15, 0.2) is 54.1 Å². The number of fused-ring (bicyclic) bond motifs is 2. The normalized spacial score (nSPS) is 16.4. The van der Waals surface area contributed by atoms with E-state index >= 15 is 0 Å². The molecule has 1 N–H and O–H groups in total. The first kappa shape index (κ1) is 18.7.